The zero-order chi connectivity index (χ0) is 17.7. The van der Waals surface area contributed by atoms with Crippen molar-refractivity contribution < 1.29 is 15.3 Å². The lowest BCUT2D eigenvalue weighted by Crippen LogP contribution is -2.56. The Morgan fingerprint density at radius 3 is 2.76 bits per heavy atom. The van der Waals surface area contributed by atoms with Gasteiger partial charge >= 0.3 is 0 Å². The molecule has 1 aromatic carbocycles. The maximum Gasteiger partial charge on any atom is 0.132 e. The molecule has 1 aromatic heterocycles. The number of aryl methyl sites for hydroxylation is 1. The fourth-order valence-electron chi connectivity index (χ4n) is 5.22. The van der Waals surface area contributed by atoms with Gasteiger partial charge in [0.1, 0.15) is 11.4 Å². The Labute approximate surface area is 148 Å². The average molecular weight is 339 g/mol. The second kappa shape index (κ2) is 5.82. The number of fused-ring (bicyclic) bond motifs is 3. The van der Waals surface area contributed by atoms with Crippen LogP contribution in [0.4, 0.5) is 0 Å². The summed E-state index contributed by atoms with van der Waals surface area (Å²) in [4.78, 5) is 4.32. The van der Waals surface area contributed by atoms with Gasteiger partial charge in [-0.2, -0.15) is 0 Å². The van der Waals surface area contributed by atoms with Gasteiger partial charge in [0.25, 0.3) is 0 Å². The van der Waals surface area contributed by atoms with Crippen LogP contribution in [-0.2, 0) is 17.4 Å². The van der Waals surface area contributed by atoms with E-state index in [2.05, 4.69) is 11.9 Å². The molecular weight excluding hydrogens is 314 g/mol. The predicted molar refractivity (Wildman–Crippen MR) is 95.3 cm³/mol. The molecule has 1 saturated carbocycles. The minimum atomic E-state index is -1.29. The third-order valence-electron chi connectivity index (χ3n) is 6.57. The quantitative estimate of drug-likeness (QED) is 0.786. The second-order valence-corrected chi connectivity index (χ2v) is 7.65. The van der Waals surface area contributed by atoms with Gasteiger partial charge in [0, 0.05) is 11.6 Å². The topological polar surface area (TPSA) is 73.6 Å². The summed E-state index contributed by atoms with van der Waals surface area (Å²) >= 11 is 0. The average Bonchev–Trinajstić information content (AvgIpc) is 2.63. The summed E-state index contributed by atoms with van der Waals surface area (Å²) in [6.07, 6.45) is 4.58. The molecule has 0 aliphatic heterocycles. The van der Waals surface area contributed by atoms with Crippen LogP contribution in [0.25, 0.3) is 0 Å². The fraction of sp³-hybridized carbons (Fsp3) is 0.476. The molecule has 4 atom stereocenters. The summed E-state index contributed by atoms with van der Waals surface area (Å²) in [5.41, 5.74) is 1.52. The lowest BCUT2D eigenvalue weighted by Gasteiger charge is -2.54. The Kier molecular flexibility index (Phi) is 3.85. The van der Waals surface area contributed by atoms with Crippen molar-refractivity contribution in [1.29, 1.82) is 0 Å². The van der Waals surface area contributed by atoms with E-state index in [4.69, 9.17) is 0 Å². The van der Waals surface area contributed by atoms with E-state index in [1.54, 1.807) is 18.3 Å². The summed E-state index contributed by atoms with van der Waals surface area (Å²) in [6.45, 7) is 2.16. The largest absolute Gasteiger partial charge is 0.508 e. The molecule has 132 valence electrons. The van der Waals surface area contributed by atoms with Crippen molar-refractivity contribution in [2.24, 2.45) is 5.92 Å². The minimum Gasteiger partial charge on any atom is -0.508 e. The lowest BCUT2D eigenvalue weighted by atomic mass is 9.52. The highest BCUT2D eigenvalue weighted by molar-refractivity contribution is 5.43. The van der Waals surface area contributed by atoms with Crippen LogP contribution < -0.4 is 0 Å². The van der Waals surface area contributed by atoms with E-state index in [9.17, 15) is 15.3 Å². The molecule has 0 amide bonds. The third-order valence-corrected chi connectivity index (χ3v) is 6.57. The molecule has 0 spiro atoms. The number of aromatic nitrogens is 1. The SMILES string of the molecule is CCC12CC(O)C(O)(c3ccccn3)CC1CCc1cc(O)ccc12. The van der Waals surface area contributed by atoms with E-state index in [1.807, 2.05) is 24.3 Å². The lowest BCUT2D eigenvalue weighted by molar-refractivity contribution is -0.148. The normalized spacial score (nSPS) is 34.2. The van der Waals surface area contributed by atoms with Crippen molar-refractivity contribution in [1.82, 2.24) is 4.98 Å². The Balaban J connectivity index is 1.77. The molecule has 25 heavy (non-hydrogen) atoms. The summed E-state index contributed by atoms with van der Waals surface area (Å²) in [7, 11) is 0. The zero-order valence-corrected chi connectivity index (χ0v) is 14.5. The highest BCUT2D eigenvalue weighted by Gasteiger charge is 2.56. The van der Waals surface area contributed by atoms with Crippen LogP contribution in [0.3, 0.4) is 0 Å². The monoisotopic (exact) mass is 339 g/mol. The summed E-state index contributed by atoms with van der Waals surface area (Å²) in [5, 5.41) is 32.1. The van der Waals surface area contributed by atoms with Crippen molar-refractivity contribution in [2.45, 2.75) is 56.1 Å². The van der Waals surface area contributed by atoms with E-state index in [1.165, 1.54) is 11.1 Å². The minimum absolute atomic E-state index is 0.151. The Bertz CT molecular complexity index is 778. The highest BCUT2D eigenvalue weighted by Crippen LogP contribution is 2.56. The molecule has 3 N–H and O–H groups in total. The molecule has 2 aliphatic carbocycles. The van der Waals surface area contributed by atoms with Crippen molar-refractivity contribution in [2.75, 3.05) is 0 Å². The molecule has 1 fully saturated rings. The first-order valence-corrected chi connectivity index (χ1v) is 9.14. The second-order valence-electron chi connectivity index (χ2n) is 7.65. The molecule has 0 saturated heterocycles. The van der Waals surface area contributed by atoms with Crippen LogP contribution in [0.5, 0.6) is 5.75 Å². The van der Waals surface area contributed by atoms with Gasteiger partial charge in [-0.15, -0.1) is 0 Å². The smallest absolute Gasteiger partial charge is 0.132 e. The van der Waals surface area contributed by atoms with E-state index in [0.29, 0.717) is 24.3 Å². The van der Waals surface area contributed by atoms with Crippen LogP contribution in [0.2, 0.25) is 0 Å². The van der Waals surface area contributed by atoms with Crippen molar-refractivity contribution in [3.8, 4) is 5.75 Å². The van der Waals surface area contributed by atoms with Crippen LogP contribution in [0.15, 0.2) is 42.6 Å². The third kappa shape index (κ3) is 2.39. The van der Waals surface area contributed by atoms with Gasteiger partial charge in [0.05, 0.1) is 11.8 Å². The molecule has 0 bridgehead atoms. The predicted octanol–water partition coefficient (Wildman–Crippen LogP) is 3.04. The Morgan fingerprint density at radius 1 is 1.20 bits per heavy atom. The number of phenolic OH excluding ortho intramolecular Hbond substituents is 1. The molecule has 4 nitrogen and oxygen atoms in total. The van der Waals surface area contributed by atoms with Gasteiger partial charge in [-0.3, -0.25) is 4.98 Å². The van der Waals surface area contributed by atoms with Gasteiger partial charge < -0.3 is 15.3 Å². The van der Waals surface area contributed by atoms with E-state index >= 15 is 0 Å². The standard InChI is InChI=1S/C21H25NO3/c1-2-20-13-19(24)21(25,18-5-3-4-10-22-18)12-15(20)7-6-14-11-16(23)8-9-17(14)20/h3-5,8-11,15,19,23-25H,2,6-7,12-13H2,1H3. The Morgan fingerprint density at radius 2 is 2.04 bits per heavy atom. The van der Waals surface area contributed by atoms with E-state index in [-0.39, 0.29) is 11.3 Å². The number of hydrogen-bond donors (Lipinski definition) is 3. The number of rotatable bonds is 2. The molecule has 4 rings (SSSR count). The highest BCUT2D eigenvalue weighted by atomic mass is 16.3. The van der Waals surface area contributed by atoms with Gasteiger partial charge in [-0.05, 0) is 73.4 Å². The molecule has 4 heteroatoms. The van der Waals surface area contributed by atoms with E-state index in [0.717, 1.165) is 19.3 Å². The van der Waals surface area contributed by atoms with Crippen LogP contribution in [0.1, 0.15) is 49.4 Å². The van der Waals surface area contributed by atoms with Crippen molar-refractivity contribution in [3.05, 3.63) is 59.4 Å². The van der Waals surface area contributed by atoms with Crippen LogP contribution in [0, 0.1) is 5.92 Å². The van der Waals surface area contributed by atoms with Gasteiger partial charge in [-0.1, -0.05) is 19.1 Å². The number of aliphatic hydroxyl groups excluding tert-OH is 1. The summed E-state index contributed by atoms with van der Waals surface area (Å²) in [5.74, 6) is 0.578. The molecule has 2 aliphatic rings. The van der Waals surface area contributed by atoms with Gasteiger partial charge in [0.15, 0.2) is 0 Å². The van der Waals surface area contributed by atoms with E-state index < -0.39 is 11.7 Å². The summed E-state index contributed by atoms with van der Waals surface area (Å²) in [6, 6.07) is 11.1. The van der Waals surface area contributed by atoms with Crippen molar-refractivity contribution >= 4 is 0 Å². The van der Waals surface area contributed by atoms with Gasteiger partial charge in [0.2, 0.25) is 0 Å². The number of pyridine rings is 1. The van der Waals surface area contributed by atoms with Crippen LogP contribution in [-0.4, -0.2) is 26.4 Å². The number of nitrogens with zero attached hydrogens (tertiary/aromatic N) is 1. The number of hydrogen-bond acceptors (Lipinski definition) is 4. The van der Waals surface area contributed by atoms with Crippen LogP contribution >= 0.6 is 0 Å². The molecule has 0 radical (unpaired) electrons. The maximum atomic E-state index is 11.3. The summed E-state index contributed by atoms with van der Waals surface area (Å²) < 4.78 is 0. The first-order valence-electron chi connectivity index (χ1n) is 9.14. The maximum absolute atomic E-state index is 11.3. The first kappa shape index (κ1) is 16.6. The number of phenols is 1. The number of aromatic hydroxyl groups is 1. The zero-order valence-electron chi connectivity index (χ0n) is 14.5. The molecule has 2 aromatic rings. The first-order chi connectivity index (χ1) is 12.0. The van der Waals surface area contributed by atoms with Crippen molar-refractivity contribution in [3.63, 3.8) is 0 Å². The fourth-order valence-corrected chi connectivity index (χ4v) is 5.22. The number of benzene rings is 1. The molecule has 4 unspecified atom stereocenters. The molecule has 1 heterocycles. The molecular formula is C21H25NO3. The van der Waals surface area contributed by atoms with Gasteiger partial charge in [-0.25, -0.2) is 0 Å². The Hall–Kier alpha value is -1.91. The number of aliphatic hydroxyl groups is 2.